The number of aldehydes is 1. The van der Waals surface area contributed by atoms with Gasteiger partial charge in [-0.3, -0.25) is 4.79 Å². The second-order valence-corrected chi connectivity index (χ2v) is 4.13. The van der Waals surface area contributed by atoms with Crippen molar-refractivity contribution in [1.82, 2.24) is 9.55 Å². The minimum Gasteiger partial charge on any atom is -0.328 e. The molecule has 1 heterocycles. The molecule has 2 aromatic rings. The van der Waals surface area contributed by atoms with Gasteiger partial charge in [-0.25, -0.2) is 4.98 Å². The van der Waals surface area contributed by atoms with Gasteiger partial charge >= 0.3 is 0 Å². The first kappa shape index (κ1) is 10.2. The van der Waals surface area contributed by atoms with Gasteiger partial charge in [-0.15, -0.1) is 0 Å². The number of aromatic nitrogens is 2. The molecule has 1 aromatic heterocycles. The van der Waals surface area contributed by atoms with E-state index in [2.05, 4.69) is 18.8 Å². The maximum atomic E-state index is 10.8. The van der Waals surface area contributed by atoms with Gasteiger partial charge in [0.25, 0.3) is 0 Å². The van der Waals surface area contributed by atoms with E-state index in [0.29, 0.717) is 16.6 Å². The number of benzene rings is 1. The quantitative estimate of drug-likeness (QED) is 0.732. The summed E-state index contributed by atoms with van der Waals surface area (Å²) in [6.45, 7) is 4.13. The van der Waals surface area contributed by atoms with Crippen molar-refractivity contribution >= 4 is 28.9 Å². The highest BCUT2D eigenvalue weighted by molar-refractivity contribution is 6.33. The van der Waals surface area contributed by atoms with Crippen LogP contribution in [0.25, 0.3) is 11.0 Å². The Kier molecular flexibility index (Phi) is 2.49. The zero-order valence-electron chi connectivity index (χ0n) is 8.57. The van der Waals surface area contributed by atoms with Crippen LogP contribution in [-0.2, 0) is 0 Å². The predicted octanol–water partition coefficient (Wildman–Crippen LogP) is 3.08. The topological polar surface area (TPSA) is 34.9 Å². The second-order valence-electron chi connectivity index (χ2n) is 3.73. The van der Waals surface area contributed by atoms with Crippen LogP contribution in [-0.4, -0.2) is 15.8 Å². The minimum absolute atomic E-state index is 0.315. The van der Waals surface area contributed by atoms with Gasteiger partial charge < -0.3 is 4.57 Å². The molecule has 78 valence electrons. The fraction of sp³-hybridized carbons (Fsp3) is 0.273. The number of carbonyl (C=O) groups excluding carboxylic acids is 1. The smallest absolute Gasteiger partial charge is 0.151 e. The molecule has 0 saturated carbocycles. The maximum Gasteiger partial charge on any atom is 0.151 e. The van der Waals surface area contributed by atoms with Gasteiger partial charge in [-0.2, -0.15) is 0 Å². The average molecular weight is 223 g/mol. The molecule has 4 heteroatoms. The zero-order chi connectivity index (χ0) is 11.0. The first-order valence-corrected chi connectivity index (χ1v) is 5.12. The molecule has 0 fully saturated rings. The lowest BCUT2D eigenvalue weighted by molar-refractivity contribution is 0.112. The summed E-state index contributed by atoms with van der Waals surface area (Å²) in [5.41, 5.74) is 2.27. The van der Waals surface area contributed by atoms with Gasteiger partial charge in [-0.05, 0) is 26.0 Å². The van der Waals surface area contributed by atoms with Crippen LogP contribution in [0, 0.1) is 0 Å². The van der Waals surface area contributed by atoms with Gasteiger partial charge in [0.05, 0.1) is 22.4 Å². The highest BCUT2D eigenvalue weighted by Crippen LogP contribution is 2.24. The van der Waals surface area contributed by atoms with E-state index in [9.17, 15) is 4.79 Å². The molecule has 0 unspecified atom stereocenters. The minimum atomic E-state index is 0.315. The van der Waals surface area contributed by atoms with Crippen LogP contribution >= 0.6 is 11.6 Å². The molecule has 0 radical (unpaired) electrons. The van der Waals surface area contributed by atoms with Crippen LogP contribution in [0.3, 0.4) is 0 Å². The van der Waals surface area contributed by atoms with Gasteiger partial charge in [0, 0.05) is 11.6 Å². The second kappa shape index (κ2) is 3.66. The number of carbonyl (C=O) groups is 1. The van der Waals surface area contributed by atoms with Crippen LogP contribution in [0.5, 0.6) is 0 Å². The van der Waals surface area contributed by atoms with Gasteiger partial charge in [0.1, 0.15) is 0 Å². The van der Waals surface area contributed by atoms with Crippen LogP contribution in [0.15, 0.2) is 18.5 Å². The van der Waals surface area contributed by atoms with Crippen molar-refractivity contribution < 1.29 is 4.79 Å². The third-order valence-electron chi connectivity index (χ3n) is 2.38. The summed E-state index contributed by atoms with van der Waals surface area (Å²) in [5, 5.41) is 0.450. The molecule has 0 aliphatic rings. The highest BCUT2D eigenvalue weighted by Gasteiger charge is 2.09. The fourth-order valence-electron chi connectivity index (χ4n) is 1.57. The van der Waals surface area contributed by atoms with Crippen molar-refractivity contribution in [2.75, 3.05) is 0 Å². The van der Waals surface area contributed by atoms with E-state index in [0.717, 1.165) is 17.3 Å². The van der Waals surface area contributed by atoms with Crippen LogP contribution in [0.2, 0.25) is 5.02 Å². The van der Waals surface area contributed by atoms with E-state index in [1.165, 1.54) is 0 Å². The number of imidazole rings is 1. The lowest BCUT2D eigenvalue weighted by Gasteiger charge is -2.08. The van der Waals surface area contributed by atoms with Gasteiger partial charge in [0.15, 0.2) is 6.29 Å². The summed E-state index contributed by atoms with van der Waals surface area (Å²) in [5.74, 6) is 0. The molecular formula is C11H11ClN2O. The summed E-state index contributed by atoms with van der Waals surface area (Å²) in [6.07, 6.45) is 2.53. The Morgan fingerprint density at radius 1 is 1.47 bits per heavy atom. The van der Waals surface area contributed by atoms with Crippen LogP contribution < -0.4 is 0 Å². The van der Waals surface area contributed by atoms with E-state index in [1.807, 2.05) is 4.57 Å². The lowest BCUT2D eigenvalue weighted by atomic mass is 10.2. The summed E-state index contributed by atoms with van der Waals surface area (Å²) >= 11 is 5.91. The van der Waals surface area contributed by atoms with E-state index < -0.39 is 0 Å². The number of halogens is 1. The van der Waals surface area contributed by atoms with E-state index in [-0.39, 0.29) is 0 Å². The third-order valence-corrected chi connectivity index (χ3v) is 2.70. The van der Waals surface area contributed by atoms with Crippen molar-refractivity contribution in [3.63, 3.8) is 0 Å². The molecule has 0 saturated heterocycles. The van der Waals surface area contributed by atoms with E-state index >= 15 is 0 Å². The zero-order valence-corrected chi connectivity index (χ0v) is 9.32. The summed E-state index contributed by atoms with van der Waals surface area (Å²) in [7, 11) is 0. The number of nitrogens with zero attached hydrogens (tertiary/aromatic N) is 2. The largest absolute Gasteiger partial charge is 0.328 e. The molecule has 0 aliphatic carbocycles. The number of hydrogen-bond acceptors (Lipinski definition) is 2. The molecule has 0 spiro atoms. The molecule has 0 aliphatic heterocycles. The van der Waals surface area contributed by atoms with E-state index in [4.69, 9.17) is 11.6 Å². The van der Waals surface area contributed by atoms with Crippen molar-refractivity contribution in [1.29, 1.82) is 0 Å². The van der Waals surface area contributed by atoms with Crippen molar-refractivity contribution in [2.45, 2.75) is 19.9 Å². The molecular weight excluding hydrogens is 212 g/mol. The van der Waals surface area contributed by atoms with Crippen LogP contribution in [0.1, 0.15) is 30.2 Å². The van der Waals surface area contributed by atoms with Gasteiger partial charge in [-0.1, -0.05) is 11.6 Å². The molecule has 15 heavy (non-hydrogen) atoms. The van der Waals surface area contributed by atoms with Crippen molar-refractivity contribution in [2.24, 2.45) is 0 Å². The Morgan fingerprint density at radius 3 is 2.80 bits per heavy atom. The van der Waals surface area contributed by atoms with Crippen molar-refractivity contribution in [3.05, 3.63) is 29.0 Å². The van der Waals surface area contributed by atoms with Crippen LogP contribution in [0.4, 0.5) is 0 Å². The molecule has 1 aromatic carbocycles. The molecule has 0 bridgehead atoms. The Hall–Kier alpha value is -1.35. The predicted molar refractivity (Wildman–Crippen MR) is 60.5 cm³/mol. The summed E-state index contributed by atoms with van der Waals surface area (Å²) in [4.78, 5) is 15.0. The molecule has 2 rings (SSSR count). The molecule has 0 N–H and O–H groups in total. The lowest BCUT2D eigenvalue weighted by Crippen LogP contribution is -1.98. The monoisotopic (exact) mass is 222 g/mol. The normalized spacial score (nSPS) is 11.2. The SMILES string of the molecule is CC(C)n1cnc2cc(Cl)c(C=O)cc21. The Labute approximate surface area is 92.7 Å². The van der Waals surface area contributed by atoms with E-state index in [1.54, 1.807) is 18.5 Å². The fourth-order valence-corrected chi connectivity index (χ4v) is 1.77. The number of hydrogen-bond donors (Lipinski definition) is 0. The van der Waals surface area contributed by atoms with Gasteiger partial charge in [0.2, 0.25) is 0 Å². The molecule has 0 atom stereocenters. The Bertz CT molecular complexity index is 517. The molecule has 3 nitrogen and oxygen atoms in total. The first-order chi connectivity index (χ1) is 7.13. The summed E-state index contributed by atoms with van der Waals surface area (Å²) in [6, 6.07) is 3.81. The highest BCUT2D eigenvalue weighted by atomic mass is 35.5. The maximum absolute atomic E-state index is 10.8. The third kappa shape index (κ3) is 1.63. The first-order valence-electron chi connectivity index (χ1n) is 4.74. The average Bonchev–Trinajstić information content (AvgIpc) is 2.59. The van der Waals surface area contributed by atoms with Crippen molar-refractivity contribution in [3.8, 4) is 0 Å². The molecule has 0 amide bonds. The standard InChI is InChI=1S/C11H11ClN2O/c1-7(2)14-6-13-10-4-9(12)8(5-15)3-11(10)14/h3-7H,1-2H3. The number of fused-ring (bicyclic) bond motifs is 1. The summed E-state index contributed by atoms with van der Waals surface area (Å²) < 4.78 is 2.01. The Morgan fingerprint density at radius 2 is 2.20 bits per heavy atom. The Balaban J connectivity index is 2.74. The number of rotatable bonds is 2.